The molecular weight excluding hydrogens is 116 g/mol. The smallest absolute Gasteiger partial charge is 0.0431 e. The second kappa shape index (κ2) is 7.92. The van der Waals surface area contributed by atoms with Crippen molar-refractivity contribution in [2.75, 3.05) is 13.2 Å². The highest BCUT2D eigenvalue weighted by Crippen LogP contribution is 1.99. The van der Waals surface area contributed by atoms with E-state index in [1.807, 2.05) is 0 Å². The van der Waals surface area contributed by atoms with Crippen LogP contribution in [0.4, 0.5) is 0 Å². The van der Waals surface area contributed by atoms with Gasteiger partial charge in [0, 0.05) is 13.2 Å². The van der Waals surface area contributed by atoms with Gasteiger partial charge in [-0.15, -0.1) is 0 Å². The second-order valence-electron chi connectivity index (χ2n) is 2.02. The van der Waals surface area contributed by atoms with Gasteiger partial charge < -0.3 is 10.2 Å². The largest absolute Gasteiger partial charge is 0.396 e. The van der Waals surface area contributed by atoms with Crippen molar-refractivity contribution in [3.05, 3.63) is 6.42 Å². The van der Waals surface area contributed by atoms with E-state index in [1.54, 1.807) is 0 Å². The van der Waals surface area contributed by atoms with Crippen LogP contribution in [0.25, 0.3) is 0 Å². The molecule has 9 heavy (non-hydrogen) atoms. The fourth-order valence-corrected chi connectivity index (χ4v) is 0.616. The summed E-state index contributed by atoms with van der Waals surface area (Å²) in [5.41, 5.74) is 0. The molecule has 0 atom stereocenters. The maximum absolute atomic E-state index is 8.35. The molecule has 0 spiro atoms. The van der Waals surface area contributed by atoms with Crippen LogP contribution in [0.3, 0.4) is 0 Å². The van der Waals surface area contributed by atoms with Gasteiger partial charge >= 0.3 is 0 Å². The quantitative estimate of drug-likeness (QED) is 0.522. The fourth-order valence-electron chi connectivity index (χ4n) is 0.616. The number of hydrogen-bond donors (Lipinski definition) is 2. The highest BCUT2D eigenvalue weighted by molar-refractivity contribution is 4.63. The SMILES string of the molecule is OCCC[CH]CCCO. The maximum atomic E-state index is 8.35. The van der Waals surface area contributed by atoms with Gasteiger partial charge in [0.1, 0.15) is 0 Å². The van der Waals surface area contributed by atoms with Crippen LogP contribution in [0.2, 0.25) is 0 Å². The number of hydrogen-bond acceptors (Lipinski definition) is 2. The third-order valence-corrected chi connectivity index (χ3v) is 1.13. The van der Waals surface area contributed by atoms with Gasteiger partial charge in [0.15, 0.2) is 0 Å². The van der Waals surface area contributed by atoms with Crippen LogP contribution in [-0.4, -0.2) is 23.4 Å². The monoisotopic (exact) mass is 131 g/mol. The summed E-state index contributed by atoms with van der Waals surface area (Å²) in [6.45, 7) is 0.547. The number of unbranched alkanes of at least 4 members (excludes halogenated alkanes) is 4. The summed E-state index contributed by atoms with van der Waals surface area (Å²) in [5.74, 6) is 0. The summed E-state index contributed by atoms with van der Waals surface area (Å²) in [4.78, 5) is 0. The van der Waals surface area contributed by atoms with E-state index in [0.29, 0.717) is 0 Å². The van der Waals surface area contributed by atoms with Crippen molar-refractivity contribution in [1.82, 2.24) is 0 Å². The van der Waals surface area contributed by atoms with Gasteiger partial charge in [0.05, 0.1) is 0 Å². The van der Waals surface area contributed by atoms with Crippen molar-refractivity contribution < 1.29 is 10.2 Å². The minimum Gasteiger partial charge on any atom is -0.396 e. The molecule has 0 amide bonds. The molecule has 0 aliphatic carbocycles. The first-order chi connectivity index (χ1) is 4.41. The van der Waals surface area contributed by atoms with Crippen LogP contribution >= 0.6 is 0 Å². The van der Waals surface area contributed by atoms with E-state index in [0.717, 1.165) is 25.7 Å². The Hall–Kier alpha value is -0.0800. The van der Waals surface area contributed by atoms with Crippen LogP contribution in [0.5, 0.6) is 0 Å². The minimum absolute atomic E-state index is 0.273. The third-order valence-electron chi connectivity index (χ3n) is 1.13. The van der Waals surface area contributed by atoms with Crippen LogP contribution in [0.1, 0.15) is 25.7 Å². The van der Waals surface area contributed by atoms with Gasteiger partial charge in [-0.1, -0.05) is 0 Å². The van der Waals surface area contributed by atoms with E-state index >= 15 is 0 Å². The van der Waals surface area contributed by atoms with E-state index in [-0.39, 0.29) is 13.2 Å². The molecule has 0 bridgehead atoms. The van der Waals surface area contributed by atoms with Crippen LogP contribution < -0.4 is 0 Å². The van der Waals surface area contributed by atoms with Gasteiger partial charge in [0.2, 0.25) is 0 Å². The van der Waals surface area contributed by atoms with Gasteiger partial charge in [-0.2, -0.15) is 0 Å². The Morgan fingerprint density at radius 3 is 1.67 bits per heavy atom. The molecule has 55 valence electrons. The van der Waals surface area contributed by atoms with Crippen LogP contribution in [0.15, 0.2) is 0 Å². The Labute approximate surface area is 56.5 Å². The summed E-state index contributed by atoms with van der Waals surface area (Å²) < 4.78 is 0. The Morgan fingerprint density at radius 1 is 0.889 bits per heavy atom. The third kappa shape index (κ3) is 7.92. The van der Waals surface area contributed by atoms with Crippen molar-refractivity contribution >= 4 is 0 Å². The van der Waals surface area contributed by atoms with E-state index in [9.17, 15) is 0 Å². The average Bonchev–Trinajstić information content (AvgIpc) is 1.89. The van der Waals surface area contributed by atoms with E-state index in [4.69, 9.17) is 10.2 Å². The Balaban J connectivity index is 2.60. The molecule has 0 unspecified atom stereocenters. The predicted molar refractivity (Wildman–Crippen MR) is 36.9 cm³/mol. The first kappa shape index (κ1) is 8.92. The zero-order valence-corrected chi connectivity index (χ0v) is 5.71. The molecule has 0 aliphatic heterocycles. The normalized spacial score (nSPS) is 10.0. The Morgan fingerprint density at radius 2 is 1.33 bits per heavy atom. The van der Waals surface area contributed by atoms with E-state index in [2.05, 4.69) is 6.42 Å². The lowest BCUT2D eigenvalue weighted by Gasteiger charge is -1.95. The lowest BCUT2D eigenvalue weighted by Crippen LogP contribution is -1.86. The standard InChI is InChI=1S/C7H15O2/c8-6-4-2-1-3-5-7-9/h1,8-9H,2-7H2. The van der Waals surface area contributed by atoms with Crippen molar-refractivity contribution in [3.8, 4) is 0 Å². The molecule has 0 aromatic rings. The summed E-state index contributed by atoms with van der Waals surface area (Å²) in [7, 11) is 0. The highest BCUT2D eigenvalue weighted by Gasteiger charge is 1.87. The van der Waals surface area contributed by atoms with Gasteiger partial charge in [-0.25, -0.2) is 0 Å². The molecule has 0 aromatic carbocycles. The Bertz CT molecular complexity index is 40.2. The zero-order chi connectivity index (χ0) is 6.95. The summed E-state index contributed by atoms with van der Waals surface area (Å²) >= 11 is 0. The van der Waals surface area contributed by atoms with Crippen molar-refractivity contribution in [1.29, 1.82) is 0 Å². The fraction of sp³-hybridized carbons (Fsp3) is 0.857. The molecule has 0 fully saturated rings. The summed E-state index contributed by atoms with van der Waals surface area (Å²) in [6.07, 6.45) is 5.75. The lowest BCUT2D eigenvalue weighted by molar-refractivity contribution is 0.281. The number of aliphatic hydroxyl groups excluding tert-OH is 2. The van der Waals surface area contributed by atoms with Crippen LogP contribution in [0, 0.1) is 6.42 Å². The van der Waals surface area contributed by atoms with Crippen molar-refractivity contribution in [2.24, 2.45) is 0 Å². The Kier molecular flexibility index (Phi) is 7.85. The molecule has 0 heterocycles. The molecule has 0 aromatic heterocycles. The van der Waals surface area contributed by atoms with Gasteiger partial charge in [-0.3, -0.25) is 0 Å². The van der Waals surface area contributed by atoms with Crippen LogP contribution in [-0.2, 0) is 0 Å². The lowest BCUT2D eigenvalue weighted by atomic mass is 10.2. The predicted octanol–water partition coefficient (Wildman–Crippen LogP) is 0.736. The molecule has 1 radical (unpaired) electrons. The average molecular weight is 131 g/mol. The minimum atomic E-state index is 0.273. The zero-order valence-electron chi connectivity index (χ0n) is 5.71. The molecule has 2 nitrogen and oxygen atoms in total. The number of aliphatic hydroxyl groups is 2. The van der Waals surface area contributed by atoms with Crippen molar-refractivity contribution in [2.45, 2.75) is 25.7 Å². The van der Waals surface area contributed by atoms with E-state index < -0.39 is 0 Å². The molecule has 0 aliphatic rings. The summed E-state index contributed by atoms with van der Waals surface area (Å²) in [6, 6.07) is 0. The molecule has 0 rings (SSSR count). The van der Waals surface area contributed by atoms with E-state index in [1.165, 1.54) is 0 Å². The number of rotatable bonds is 6. The topological polar surface area (TPSA) is 40.5 Å². The van der Waals surface area contributed by atoms with Gasteiger partial charge in [-0.05, 0) is 32.1 Å². The second-order valence-corrected chi connectivity index (χ2v) is 2.02. The highest BCUT2D eigenvalue weighted by atomic mass is 16.3. The molecule has 0 saturated heterocycles. The molecule has 2 heteroatoms. The molecule has 0 saturated carbocycles. The first-order valence-corrected chi connectivity index (χ1v) is 3.45. The van der Waals surface area contributed by atoms with Gasteiger partial charge in [0.25, 0.3) is 0 Å². The maximum Gasteiger partial charge on any atom is 0.0431 e. The summed E-state index contributed by atoms with van der Waals surface area (Å²) in [5, 5.41) is 16.7. The van der Waals surface area contributed by atoms with Crippen molar-refractivity contribution in [3.63, 3.8) is 0 Å². The molecular formula is C7H15O2. The first-order valence-electron chi connectivity index (χ1n) is 3.45. The molecule has 2 N–H and O–H groups in total.